The number of anilines is 1. The van der Waals surface area contributed by atoms with Crippen molar-refractivity contribution in [3.63, 3.8) is 0 Å². The van der Waals surface area contributed by atoms with Gasteiger partial charge in [0.25, 0.3) is 5.91 Å². The first-order valence-electron chi connectivity index (χ1n) is 7.80. The van der Waals surface area contributed by atoms with E-state index < -0.39 is 0 Å². The summed E-state index contributed by atoms with van der Waals surface area (Å²) in [6.07, 6.45) is 5.32. The molecular weight excluding hydrogens is 288 g/mol. The maximum absolute atomic E-state index is 12.8. The molecule has 0 unspecified atom stereocenters. The average molecular weight is 308 g/mol. The third-order valence-corrected chi connectivity index (χ3v) is 3.77. The molecule has 1 N–H and O–H groups in total. The molecule has 0 bridgehead atoms. The molecule has 0 saturated heterocycles. The zero-order chi connectivity index (χ0) is 16.4. The number of carbonyl (C=O) groups is 1. The summed E-state index contributed by atoms with van der Waals surface area (Å²) in [7, 11) is 0. The highest BCUT2D eigenvalue weighted by molar-refractivity contribution is 6.04. The lowest BCUT2D eigenvalue weighted by Crippen LogP contribution is -2.17. The quantitative estimate of drug-likeness (QED) is 0.802. The first-order valence-corrected chi connectivity index (χ1v) is 7.80. The Hall–Kier alpha value is -2.69. The summed E-state index contributed by atoms with van der Waals surface area (Å²) in [5.41, 5.74) is 4.36. The van der Waals surface area contributed by atoms with Crippen molar-refractivity contribution in [1.82, 2.24) is 14.4 Å². The second-order valence-electron chi connectivity index (χ2n) is 5.72. The number of hydrogen-bond donors (Lipinski definition) is 1. The van der Waals surface area contributed by atoms with Gasteiger partial charge in [-0.3, -0.25) is 9.20 Å². The van der Waals surface area contributed by atoms with Crippen LogP contribution in [0.1, 0.15) is 40.7 Å². The number of nitrogens with zero attached hydrogens (tertiary/aromatic N) is 3. The van der Waals surface area contributed by atoms with E-state index in [1.54, 1.807) is 12.3 Å². The largest absolute Gasteiger partial charge is 0.305 e. The van der Waals surface area contributed by atoms with Crippen LogP contribution in [-0.2, 0) is 6.42 Å². The Balaban J connectivity index is 2.03. The molecule has 0 fully saturated rings. The summed E-state index contributed by atoms with van der Waals surface area (Å²) < 4.78 is 1.86. The van der Waals surface area contributed by atoms with Gasteiger partial charge < -0.3 is 5.32 Å². The summed E-state index contributed by atoms with van der Waals surface area (Å²) in [5, 5.41) is 2.87. The molecule has 3 aromatic rings. The number of fused-ring (bicyclic) bond motifs is 1. The van der Waals surface area contributed by atoms with Crippen molar-refractivity contribution in [2.75, 3.05) is 5.32 Å². The van der Waals surface area contributed by atoms with Crippen LogP contribution in [-0.4, -0.2) is 20.3 Å². The fraction of sp³-hybridized carbons (Fsp3) is 0.278. The fourth-order valence-corrected chi connectivity index (χ4v) is 2.62. The molecule has 1 amide bonds. The number of aryl methyl sites for hydroxylation is 3. The van der Waals surface area contributed by atoms with E-state index in [4.69, 9.17) is 0 Å². The second-order valence-corrected chi connectivity index (χ2v) is 5.72. The Morgan fingerprint density at radius 3 is 2.78 bits per heavy atom. The minimum atomic E-state index is -0.178. The highest BCUT2D eigenvalue weighted by Crippen LogP contribution is 2.18. The smallest absolute Gasteiger partial charge is 0.275 e. The average Bonchev–Trinajstić information content (AvgIpc) is 2.90. The third-order valence-electron chi connectivity index (χ3n) is 3.77. The van der Waals surface area contributed by atoms with Crippen LogP contribution >= 0.6 is 0 Å². The monoisotopic (exact) mass is 308 g/mol. The Kier molecular flexibility index (Phi) is 4.10. The maximum atomic E-state index is 12.8. The summed E-state index contributed by atoms with van der Waals surface area (Å²) in [4.78, 5) is 21.7. The van der Waals surface area contributed by atoms with E-state index >= 15 is 0 Å². The second kappa shape index (κ2) is 6.20. The lowest BCUT2D eigenvalue weighted by molar-refractivity contribution is 0.102. The summed E-state index contributed by atoms with van der Waals surface area (Å²) in [6, 6.07) is 7.66. The van der Waals surface area contributed by atoms with Crippen LogP contribution < -0.4 is 5.32 Å². The molecule has 3 heterocycles. The summed E-state index contributed by atoms with van der Waals surface area (Å²) in [6.45, 7) is 6.05. The summed E-state index contributed by atoms with van der Waals surface area (Å²) >= 11 is 0. The molecule has 0 radical (unpaired) electrons. The van der Waals surface area contributed by atoms with Gasteiger partial charge in [-0.1, -0.05) is 25.5 Å². The molecule has 5 heteroatoms. The van der Waals surface area contributed by atoms with Crippen molar-refractivity contribution in [3.05, 3.63) is 59.2 Å². The van der Waals surface area contributed by atoms with Gasteiger partial charge >= 0.3 is 0 Å². The van der Waals surface area contributed by atoms with E-state index in [0.717, 1.165) is 35.3 Å². The SMILES string of the molecule is CCCc1nc2c(C)cccn2c1C(=O)Nc1ccc(C)cn1. The number of nitrogens with one attached hydrogen (secondary N) is 1. The number of hydrogen-bond acceptors (Lipinski definition) is 3. The molecule has 0 aliphatic heterocycles. The highest BCUT2D eigenvalue weighted by Gasteiger charge is 2.19. The zero-order valence-corrected chi connectivity index (χ0v) is 13.6. The number of amides is 1. The molecule has 0 saturated carbocycles. The third kappa shape index (κ3) is 2.95. The minimum Gasteiger partial charge on any atom is -0.305 e. The normalized spacial score (nSPS) is 10.9. The van der Waals surface area contributed by atoms with Gasteiger partial charge in [-0.15, -0.1) is 0 Å². The van der Waals surface area contributed by atoms with Crippen LogP contribution in [0.2, 0.25) is 0 Å². The van der Waals surface area contributed by atoms with E-state index in [9.17, 15) is 4.79 Å². The summed E-state index contributed by atoms with van der Waals surface area (Å²) in [5.74, 6) is 0.369. The van der Waals surface area contributed by atoms with Crippen molar-refractivity contribution >= 4 is 17.4 Å². The molecule has 5 nitrogen and oxygen atoms in total. The molecule has 0 aliphatic rings. The topological polar surface area (TPSA) is 59.3 Å². The molecule has 3 aromatic heterocycles. The van der Waals surface area contributed by atoms with Gasteiger partial charge in [-0.25, -0.2) is 9.97 Å². The van der Waals surface area contributed by atoms with Gasteiger partial charge in [-0.05, 0) is 43.5 Å². The lowest BCUT2D eigenvalue weighted by Gasteiger charge is -2.07. The van der Waals surface area contributed by atoms with Crippen LogP contribution in [0.3, 0.4) is 0 Å². The fourth-order valence-electron chi connectivity index (χ4n) is 2.62. The van der Waals surface area contributed by atoms with E-state index in [2.05, 4.69) is 22.2 Å². The molecule has 3 rings (SSSR count). The van der Waals surface area contributed by atoms with Crippen molar-refractivity contribution in [2.24, 2.45) is 0 Å². The molecule has 0 spiro atoms. The van der Waals surface area contributed by atoms with E-state index in [-0.39, 0.29) is 5.91 Å². The molecule has 0 aliphatic carbocycles. The van der Waals surface area contributed by atoms with Crippen molar-refractivity contribution in [3.8, 4) is 0 Å². The predicted molar refractivity (Wildman–Crippen MR) is 90.9 cm³/mol. The molecular formula is C18H20N4O. The highest BCUT2D eigenvalue weighted by atomic mass is 16.2. The number of aromatic nitrogens is 3. The standard InChI is InChI=1S/C18H20N4O/c1-4-6-14-16(22-10-5-7-13(3)17(22)20-14)18(23)21-15-9-8-12(2)11-19-15/h5,7-11H,4,6H2,1-3H3,(H,19,21,23). The Morgan fingerprint density at radius 2 is 2.09 bits per heavy atom. The van der Waals surface area contributed by atoms with Gasteiger partial charge in [0.15, 0.2) is 0 Å². The van der Waals surface area contributed by atoms with Gasteiger partial charge in [0.2, 0.25) is 0 Å². The van der Waals surface area contributed by atoms with E-state index in [1.807, 2.05) is 42.6 Å². The molecule has 118 valence electrons. The molecule has 0 atom stereocenters. The van der Waals surface area contributed by atoms with E-state index in [0.29, 0.717) is 11.5 Å². The van der Waals surface area contributed by atoms with Crippen molar-refractivity contribution < 1.29 is 4.79 Å². The van der Waals surface area contributed by atoms with Gasteiger partial charge in [0.05, 0.1) is 5.69 Å². The number of rotatable bonds is 4. The van der Waals surface area contributed by atoms with Crippen LogP contribution in [0.25, 0.3) is 5.65 Å². The number of pyridine rings is 2. The van der Waals surface area contributed by atoms with Crippen molar-refractivity contribution in [1.29, 1.82) is 0 Å². The first kappa shape index (κ1) is 15.2. The van der Waals surface area contributed by atoms with Crippen LogP contribution in [0.4, 0.5) is 5.82 Å². The van der Waals surface area contributed by atoms with E-state index in [1.165, 1.54) is 0 Å². The predicted octanol–water partition coefficient (Wildman–Crippen LogP) is 3.55. The van der Waals surface area contributed by atoms with Gasteiger partial charge in [0.1, 0.15) is 17.2 Å². The molecule has 0 aromatic carbocycles. The van der Waals surface area contributed by atoms with Gasteiger partial charge in [-0.2, -0.15) is 0 Å². The van der Waals surface area contributed by atoms with Crippen molar-refractivity contribution in [2.45, 2.75) is 33.6 Å². The van der Waals surface area contributed by atoms with Crippen LogP contribution in [0, 0.1) is 13.8 Å². The maximum Gasteiger partial charge on any atom is 0.275 e. The lowest BCUT2D eigenvalue weighted by atomic mass is 10.2. The Labute approximate surface area is 135 Å². The number of carbonyl (C=O) groups excluding carboxylic acids is 1. The minimum absolute atomic E-state index is 0.178. The Bertz CT molecular complexity index is 849. The molecule has 23 heavy (non-hydrogen) atoms. The van der Waals surface area contributed by atoms with Gasteiger partial charge in [0, 0.05) is 12.4 Å². The van der Waals surface area contributed by atoms with Crippen LogP contribution in [0.5, 0.6) is 0 Å². The first-order chi connectivity index (χ1) is 11.1. The zero-order valence-electron chi connectivity index (χ0n) is 13.6. The Morgan fingerprint density at radius 1 is 1.26 bits per heavy atom. The van der Waals surface area contributed by atoms with Crippen LogP contribution in [0.15, 0.2) is 36.7 Å². The number of imidazole rings is 1.